The van der Waals surface area contributed by atoms with Crippen LogP contribution in [0.2, 0.25) is 0 Å². The Kier molecular flexibility index (Phi) is 2.21. The molecule has 0 aliphatic heterocycles. The molecular formula is C11H11NO. The minimum Gasteiger partial charge on any atom is -0.298 e. The van der Waals surface area contributed by atoms with Crippen LogP contribution in [0.15, 0.2) is 24.4 Å². The standard InChI is InChI=1S/C11H11NO/c13-8-10-6-3-7-12-11(10)9-4-1-2-5-9/h3-4,6-8H,1-2,5H2. The minimum atomic E-state index is 0.704. The first-order valence-electron chi connectivity index (χ1n) is 4.51. The smallest absolute Gasteiger partial charge is 0.152 e. The largest absolute Gasteiger partial charge is 0.298 e. The van der Waals surface area contributed by atoms with E-state index in [0.717, 1.165) is 24.8 Å². The van der Waals surface area contributed by atoms with Crippen LogP contribution in [-0.2, 0) is 0 Å². The van der Waals surface area contributed by atoms with Crippen molar-refractivity contribution in [2.75, 3.05) is 0 Å². The Morgan fingerprint density at radius 1 is 1.46 bits per heavy atom. The quantitative estimate of drug-likeness (QED) is 0.643. The SMILES string of the molecule is O=Cc1cccnc1C1=CCCC1. The van der Waals surface area contributed by atoms with Crippen molar-refractivity contribution < 1.29 is 4.79 Å². The molecular weight excluding hydrogens is 162 g/mol. The number of carbonyl (C=O) groups excluding carboxylic acids is 1. The molecule has 2 heteroatoms. The number of carbonyl (C=O) groups is 1. The second-order valence-corrected chi connectivity index (χ2v) is 3.18. The van der Waals surface area contributed by atoms with Gasteiger partial charge in [0, 0.05) is 11.8 Å². The molecule has 0 unspecified atom stereocenters. The van der Waals surface area contributed by atoms with E-state index in [-0.39, 0.29) is 0 Å². The van der Waals surface area contributed by atoms with Gasteiger partial charge in [0.15, 0.2) is 6.29 Å². The summed E-state index contributed by atoms with van der Waals surface area (Å²) in [4.78, 5) is 14.9. The Hall–Kier alpha value is -1.44. The molecule has 1 aromatic heterocycles. The molecule has 1 heterocycles. The third-order valence-electron chi connectivity index (χ3n) is 2.31. The van der Waals surface area contributed by atoms with Crippen molar-refractivity contribution in [3.63, 3.8) is 0 Å². The molecule has 1 aliphatic carbocycles. The van der Waals surface area contributed by atoms with Crippen molar-refractivity contribution in [2.24, 2.45) is 0 Å². The number of rotatable bonds is 2. The summed E-state index contributed by atoms with van der Waals surface area (Å²) < 4.78 is 0. The number of nitrogens with zero attached hydrogens (tertiary/aromatic N) is 1. The molecule has 0 atom stereocenters. The van der Waals surface area contributed by atoms with Gasteiger partial charge >= 0.3 is 0 Å². The number of aromatic nitrogens is 1. The highest BCUT2D eigenvalue weighted by Gasteiger charge is 2.11. The zero-order chi connectivity index (χ0) is 9.10. The fourth-order valence-corrected chi connectivity index (χ4v) is 1.67. The monoisotopic (exact) mass is 173 g/mol. The predicted octanol–water partition coefficient (Wildman–Crippen LogP) is 2.46. The zero-order valence-electron chi connectivity index (χ0n) is 7.36. The average Bonchev–Trinajstić information content (AvgIpc) is 2.70. The van der Waals surface area contributed by atoms with Crippen LogP contribution in [-0.4, -0.2) is 11.3 Å². The van der Waals surface area contributed by atoms with Crippen LogP contribution in [0.3, 0.4) is 0 Å². The summed E-state index contributed by atoms with van der Waals surface area (Å²) in [6, 6.07) is 3.61. The second kappa shape index (κ2) is 3.52. The maximum Gasteiger partial charge on any atom is 0.152 e. The van der Waals surface area contributed by atoms with Crippen molar-refractivity contribution in [1.29, 1.82) is 0 Å². The first-order chi connectivity index (χ1) is 6.42. The molecule has 0 aromatic carbocycles. The van der Waals surface area contributed by atoms with Gasteiger partial charge in [-0.2, -0.15) is 0 Å². The van der Waals surface area contributed by atoms with Crippen molar-refractivity contribution in [2.45, 2.75) is 19.3 Å². The maximum absolute atomic E-state index is 10.7. The molecule has 13 heavy (non-hydrogen) atoms. The van der Waals surface area contributed by atoms with Crippen LogP contribution in [0.25, 0.3) is 5.57 Å². The van der Waals surface area contributed by atoms with Gasteiger partial charge in [-0.3, -0.25) is 9.78 Å². The Bertz CT molecular complexity index is 355. The lowest BCUT2D eigenvalue weighted by atomic mass is 10.1. The van der Waals surface area contributed by atoms with Crippen molar-refractivity contribution in [3.8, 4) is 0 Å². The van der Waals surface area contributed by atoms with Gasteiger partial charge in [-0.15, -0.1) is 0 Å². The molecule has 0 fully saturated rings. The van der Waals surface area contributed by atoms with E-state index in [0.29, 0.717) is 5.56 Å². The van der Waals surface area contributed by atoms with Crippen LogP contribution in [0, 0.1) is 0 Å². The Balaban J connectivity index is 2.43. The summed E-state index contributed by atoms with van der Waals surface area (Å²) in [7, 11) is 0. The topological polar surface area (TPSA) is 30.0 Å². The van der Waals surface area contributed by atoms with Gasteiger partial charge in [-0.25, -0.2) is 0 Å². The summed E-state index contributed by atoms with van der Waals surface area (Å²) in [6.07, 6.45) is 8.14. The first-order valence-corrected chi connectivity index (χ1v) is 4.51. The van der Waals surface area contributed by atoms with Crippen molar-refractivity contribution >= 4 is 11.9 Å². The highest BCUT2D eigenvalue weighted by Crippen LogP contribution is 2.27. The van der Waals surface area contributed by atoms with Crippen LogP contribution < -0.4 is 0 Å². The van der Waals surface area contributed by atoms with Gasteiger partial charge in [-0.1, -0.05) is 6.08 Å². The molecule has 0 radical (unpaired) electrons. The number of aldehydes is 1. The lowest BCUT2D eigenvalue weighted by molar-refractivity contribution is 0.112. The van der Waals surface area contributed by atoms with Crippen LogP contribution >= 0.6 is 0 Å². The van der Waals surface area contributed by atoms with Gasteiger partial charge in [0.05, 0.1) is 5.69 Å². The zero-order valence-corrected chi connectivity index (χ0v) is 7.36. The molecule has 0 bridgehead atoms. The lowest BCUT2D eigenvalue weighted by Crippen LogP contribution is -1.93. The second-order valence-electron chi connectivity index (χ2n) is 3.18. The molecule has 0 N–H and O–H groups in total. The van der Waals surface area contributed by atoms with E-state index in [9.17, 15) is 4.79 Å². The Labute approximate surface area is 77.3 Å². The van der Waals surface area contributed by atoms with Gasteiger partial charge in [0.1, 0.15) is 0 Å². The molecule has 1 aliphatic rings. The molecule has 0 amide bonds. The highest BCUT2D eigenvalue weighted by atomic mass is 16.1. The normalized spacial score (nSPS) is 15.5. The fraction of sp³-hybridized carbons (Fsp3) is 0.273. The summed E-state index contributed by atoms with van der Waals surface area (Å²) in [5.74, 6) is 0. The summed E-state index contributed by atoms with van der Waals surface area (Å²) in [5.41, 5.74) is 2.80. The Morgan fingerprint density at radius 3 is 3.08 bits per heavy atom. The van der Waals surface area contributed by atoms with Gasteiger partial charge in [0.2, 0.25) is 0 Å². The molecule has 0 saturated carbocycles. The third-order valence-corrected chi connectivity index (χ3v) is 2.31. The molecule has 66 valence electrons. The van der Waals surface area contributed by atoms with Gasteiger partial charge < -0.3 is 0 Å². The van der Waals surface area contributed by atoms with Crippen LogP contribution in [0.4, 0.5) is 0 Å². The summed E-state index contributed by atoms with van der Waals surface area (Å²) >= 11 is 0. The fourth-order valence-electron chi connectivity index (χ4n) is 1.67. The number of hydrogen-bond acceptors (Lipinski definition) is 2. The average molecular weight is 173 g/mol. The molecule has 2 nitrogen and oxygen atoms in total. The molecule has 0 saturated heterocycles. The van der Waals surface area contributed by atoms with E-state index < -0.39 is 0 Å². The van der Waals surface area contributed by atoms with E-state index in [2.05, 4.69) is 11.1 Å². The molecule has 1 aromatic rings. The maximum atomic E-state index is 10.7. The molecule has 0 spiro atoms. The van der Waals surface area contributed by atoms with Crippen LogP contribution in [0.5, 0.6) is 0 Å². The van der Waals surface area contributed by atoms with Crippen molar-refractivity contribution in [1.82, 2.24) is 4.98 Å². The van der Waals surface area contributed by atoms with E-state index in [1.165, 1.54) is 12.0 Å². The number of allylic oxidation sites excluding steroid dienone is 2. The minimum absolute atomic E-state index is 0.704. The van der Waals surface area contributed by atoms with E-state index in [1.54, 1.807) is 12.3 Å². The number of hydrogen-bond donors (Lipinski definition) is 0. The van der Waals surface area contributed by atoms with Gasteiger partial charge in [-0.05, 0) is 37.0 Å². The summed E-state index contributed by atoms with van der Waals surface area (Å²) in [5, 5.41) is 0. The third kappa shape index (κ3) is 1.52. The summed E-state index contributed by atoms with van der Waals surface area (Å²) in [6.45, 7) is 0. The van der Waals surface area contributed by atoms with E-state index in [1.807, 2.05) is 6.07 Å². The number of pyridine rings is 1. The highest BCUT2D eigenvalue weighted by molar-refractivity contribution is 5.84. The van der Waals surface area contributed by atoms with E-state index >= 15 is 0 Å². The lowest BCUT2D eigenvalue weighted by Gasteiger charge is -2.02. The van der Waals surface area contributed by atoms with Crippen LogP contribution in [0.1, 0.15) is 35.3 Å². The molecule has 2 rings (SSSR count). The Morgan fingerprint density at radius 2 is 2.38 bits per heavy atom. The van der Waals surface area contributed by atoms with Gasteiger partial charge in [0.25, 0.3) is 0 Å². The predicted molar refractivity (Wildman–Crippen MR) is 51.5 cm³/mol. The first kappa shape index (κ1) is 8.17. The van der Waals surface area contributed by atoms with E-state index in [4.69, 9.17) is 0 Å². The van der Waals surface area contributed by atoms with Crippen molar-refractivity contribution in [3.05, 3.63) is 35.7 Å².